The van der Waals surface area contributed by atoms with E-state index in [0.717, 1.165) is 44.3 Å². The number of carbonyl (C=O) groups is 1. The molecule has 5 heteroatoms. The number of rotatable bonds is 11. The number of alkyl carbamates (subject to hydrolysis) is 1. The summed E-state index contributed by atoms with van der Waals surface area (Å²) in [6.45, 7) is 2.36. The lowest BCUT2D eigenvalue weighted by Gasteiger charge is -2.29. The summed E-state index contributed by atoms with van der Waals surface area (Å²) in [6.07, 6.45) is 8.95. The fraction of sp³-hybridized carbons (Fsp3) is 0.682. The van der Waals surface area contributed by atoms with Gasteiger partial charge in [0.1, 0.15) is 6.61 Å². The topological polar surface area (TPSA) is 50.8 Å². The van der Waals surface area contributed by atoms with E-state index >= 15 is 0 Å². The first-order chi connectivity index (χ1) is 13.1. The molecule has 0 spiro atoms. The third-order valence-electron chi connectivity index (χ3n) is 5.06. The van der Waals surface area contributed by atoms with Crippen molar-refractivity contribution in [3.8, 4) is 0 Å². The van der Waals surface area contributed by atoms with Crippen molar-refractivity contribution in [3.63, 3.8) is 0 Å². The van der Waals surface area contributed by atoms with Crippen molar-refractivity contribution in [2.24, 2.45) is 0 Å². The summed E-state index contributed by atoms with van der Waals surface area (Å²) in [5, 5.41) is 2.99. The van der Waals surface area contributed by atoms with Gasteiger partial charge in [-0.25, -0.2) is 4.79 Å². The van der Waals surface area contributed by atoms with Crippen LogP contribution in [0.5, 0.6) is 0 Å². The average molecular weight is 377 g/mol. The van der Waals surface area contributed by atoms with Gasteiger partial charge in [0.15, 0.2) is 0 Å². The largest absolute Gasteiger partial charge is 0.445 e. The Hall–Kier alpha value is -1.59. The molecule has 1 amide bonds. The molecule has 0 unspecified atom stereocenters. The number of nitrogens with zero attached hydrogens (tertiary/aromatic N) is 1. The Balaban J connectivity index is 1.48. The number of amides is 1. The minimum absolute atomic E-state index is 0.208. The third-order valence-corrected chi connectivity index (χ3v) is 5.06. The summed E-state index contributed by atoms with van der Waals surface area (Å²) in [6, 6.07) is 9.97. The quantitative estimate of drug-likeness (QED) is 0.583. The molecule has 0 heterocycles. The molecule has 0 bridgehead atoms. The van der Waals surface area contributed by atoms with Crippen LogP contribution in [0.1, 0.15) is 56.9 Å². The maximum atomic E-state index is 11.9. The van der Waals surface area contributed by atoms with Gasteiger partial charge in [-0.3, -0.25) is 0 Å². The molecule has 27 heavy (non-hydrogen) atoms. The van der Waals surface area contributed by atoms with Crippen molar-refractivity contribution in [2.45, 2.75) is 70.1 Å². The van der Waals surface area contributed by atoms with Crippen molar-refractivity contribution in [1.29, 1.82) is 0 Å². The molecule has 152 valence electrons. The molecule has 0 saturated heterocycles. The van der Waals surface area contributed by atoms with Gasteiger partial charge in [0.05, 0.1) is 6.10 Å². The molecular weight excluding hydrogens is 340 g/mol. The summed E-state index contributed by atoms with van der Waals surface area (Å²) in [7, 11) is 4.24. The van der Waals surface area contributed by atoms with E-state index < -0.39 is 0 Å². The molecule has 2 rings (SSSR count). The van der Waals surface area contributed by atoms with Crippen LogP contribution in [0, 0.1) is 0 Å². The molecule has 0 atom stereocenters. The molecule has 0 aromatic heterocycles. The Kier molecular flexibility index (Phi) is 10.2. The van der Waals surface area contributed by atoms with Gasteiger partial charge in [0.2, 0.25) is 0 Å². The number of unbranched alkanes of at least 4 members (excludes halogenated alkanes) is 3. The number of hydrogen-bond donors (Lipinski definition) is 1. The van der Waals surface area contributed by atoms with E-state index in [4.69, 9.17) is 9.47 Å². The smallest absolute Gasteiger partial charge is 0.407 e. The van der Waals surface area contributed by atoms with Crippen LogP contribution >= 0.6 is 0 Å². The molecule has 1 fully saturated rings. The monoisotopic (exact) mass is 376 g/mol. The molecule has 0 aliphatic heterocycles. The van der Waals surface area contributed by atoms with Gasteiger partial charge in [-0.15, -0.1) is 0 Å². The predicted octanol–water partition coefficient (Wildman–Crippen LogP) is 4.36. The van der Waals surface area contributed by atoms with Crippen molar-refractivity contribution < 1.29 is 14.3 Å². The van der Waals surface area contributed by atoms with Gasteiger partial charge >= 0.3 is 6.09 Å². The summed E-state index contributed by atoms with van der Waals surface area (Å²) in [5.41, 5.74) is 1.01. The van der Waals surface area contributed by atoms with Gasteiger partial charge in [-0.1, -0.05) is 43.2 Å². The van der Waals surface area contributed by atoms with Crippen LogP contribution in [0.15, 0.2) is 30.3 Å². The van der Waals surface area contributed by atoms with E-state index in [1.807, 2.05) is 30.3 Å². The second kappa shape index (κ2) is 12.7. The van der Waals surface area contributed by atoms with Gasteiger partial charge in [0, 0.05) is 12.6 Å². The van der Waals surface area contributed by atoms with Crippen LogP contribution < -0.4 is 5.32 Å². The Morgan fingerprint density at radius 2 is 1.74 bits per heavy atom. The summed E-state index contributed by atoms with van der Waals surface area (Å²) < 4.78 is 11.3. The van der Waals surface area contributed by atoms with E-state index in [1.165, 1.54) is 25.8 Å². The van der Waals surface area contributed by atoms with E-state index in [2.05, 4.69) is 24.3 Å². The second-order valence-corrected chi connectivity index (χ2v) is 7.77. The molecule has 5 nitrogen and oxygen atoms in total. The first-order valence-electron chi connectivity index (χ1n) is 10.4. The lowest BCUT2D eigenvalue weighted by molar-refractivity contribution is 0.0199. The number of hydrogen-bond acceptors (Lipinski definition) is 4. The van der Waals surface area contributed by atoms with Crippen molar-refractivity contribution >= 4 is 6.09 Å². The minimum Gasteiger partial charge on any atom is -0.445 e. The van der Waals surface area contributed by atoms with Gasteiger partial charge < -0.3 is 19.7 Å². The molecule has 1 N–H and O–H groups in total. The van der Waals surface area contributed by atoms with Crippen LogP contribution in [-0.4, -0.2) is 50.4 Å². The maximum absolute atomic E-state index is 11.9. The molecule has 1 saturated carbocycles. The first kappa shape index (κ1) is 21.7. The molecule has 1 aliphatic carbocycles. The van der Waals surface area contributed by atoms with E-state index in [0.29, 0.717) is 12.7 Å². The highest BCUT2D eigenvalue weighted by Crippen LogP contribution is 2.21. The molecule has 1 aromatic rings. The Morgan fingerprint density at radius 3 is 2.44 bits per heavy atom. The van der Waals surface area contributed by atoms with Gasteiger partial charge in [-0.2, -0.15) is 0 Å². The number of nitrogens with one attached hydrogen (secondary N) is 1. The highest BCUT2D eigenvalue weighted by atomic mass is 16.5. The van der Waals surface area contributed by atoms with Gasteiger partial charge in [-0.05, 0) is 64.7 Å². The lowest BCUT2D eigenvalue weighted by Crippen LogP contribution is -2.39. The van der Waals surface area contributed by atoms with Crippen LogP contribution in [0.25, 0.3) is 0 Å². The molecule has 0 radical (unpaired) electrons. The number of benzene rings is 1. The van der Waals surface area contributed by atoms with E-state index in [9.17, 15) is 4.79 Å². The molecule has 1 aliphatic rings. The van der Waals surface area contributed by atoms with E-state index in [1.54, 1.807) is 0 Å². The Morgan fingerprint density at radius 1 is 1.04 bits per heavy atom. The first-order valence-corrected chi connectivity index (χ1v) is 10.4. The van der Waals surface area contributed by atoms with Crippen LogP contribution in [0.4, 0.5) is 4.79 Å². The average Bonchev–Trinajstić information content (AvgIpc) is 2.67. The van der Waals surface area contributed by atoms with Crippen LogP contribution in [0.3, 0.4) is 0 Å². The minimum atomic E-state index is -0.319. The highest BCUT2D eigenvalue weighted by Gasteiger charge is 2.23. The van der Waals surface area contributed by atoms with E-state index in [-0.39, 0.29) is 12.1 Å². The number of carbonyl (C=O) groups excluding carboxylic acids is 1. The highest BCUT2D eigenvalue weighted by molar-refractivity contribution is 5.67. The predicted molar refractivity (Wildman–Crippen MR) is 109 cm³/mol. The zero-order valence-corrected chi connectivity index (χ0v) is 17.0. The summed E-state index contributed by atoms with van der Waals surface area (Å²) in [5.74, 6) is 0. The standard InChI is InChI=1S/C22H36N2O3/c1-24(2)16-8-3-4-9-17-26-21-14-12-20(13-15-21)23-22(25)27-18-19-10-6-5-7-11-19/h5-7,10-11,20-21H,3-4,8-9,12-18H2,1-2H3,(H,23,25). The van der Waals surface area contributed by atoms with Crippen molar-refractivity contribution in [1.82, 2.24) is 10.2 Å². The maximum Gasteiger partial charge on any atom is 0.407 e. The normalized spacial score (nSPS) is 19.8. The van der Waals surface area contributed by atoms with Gasteiger partial charge in [0.25, 0.3) is 0 Å². The fourth-order valence-corrected chi connectivity index (χ4v) is 3.44. The Labute approximate surface area is 164 Å². The zero-order chi connectivity index (χ0) is 19.3. The SMILES string of the molecule is CN(C)CCCCCCOC1CCC(NC(=O)OCc2ccccc2)CC1. The zero-order valence-electron chi connectivity index (χ0n) is 17.0. The lowest BCUT2D eigenvalue weighted by atomic mass is 9.93. The van der Waals surface area contributed by atoms with Crippen molar-refractivity contribution in [3.05, 3.63) is 35.9 Å². The summed E-state index contributed by atoms with van der Waals surface area (Å²) >= 11 is 0. The summed E-state index contributed by atoms with van der Waals surface area (Å²) in [4.78, 5) is 14.2. The van der Waals surface area contributed by atoms with Crippen LogP contribution in [0.2, 0.25) is 0 Å². The third kappa shape index (κ3) is 9.78. The molecular formula is C22H36N2O3. The van der Waals surface area contributed by atoms with Crippen LogP contribution in [-0.2, 0) is 16.1 Å². The van der Waals surface area contributed by atoms with Crippen molar-refractivity contribution in [2.75, 3.05) is 27.2 Å². The number of ether oxygens (including phenoxy) is 2. The Bertz CT molecular complexity index is 514. The fourth-order valence-electron chi connectivity index (χ4n) is 3.44. The molecule has 1 aromatic carbocycles. The second-order valence-electron chi connectivity index (χ2n) is 7.77.